The quantitative estimate of drug-likeness (QED) is 0.844. The maximum Gasteiger partial charge on any atom is 0.252 e. The van der Waals surface area contributed by atoms with Crippen LogP contribution in [0, 0.1) is 6.92 Å². The maximum absolute atomic E-state index is 12.1. The zero-order valence-corrected chi connectivity index (χ0v) is 12.9. The van der Waals surface area contributed by atoms with E-state index in [-0.39, 0.29) is 5.91 Å². The molecule has 3 nitrogen and oxygen atoms in total. The number of amides is 1. The minimum atomic E-state index is -0.0592. The molecule has 2 aromatic rings. The Morgan fingerprint density at radius 2 is 1.90 bits per heavy atom. The van der Waals surface area contributed by atoms with Crippen molar-refractivity contribution in [2.45, 2.75) is 13.3 Å². The Morgan fingerprint density at radius 1 is 1.20 bits per heavy atom. The van der Waals surface area contributed by atoms with Crippen LogP contribution in [0.15, 0.2) is 46.9 Å². The zero-order chi connectivity index (χ0) is 14.5. The summed E-state index contributed by atoms with van der Waals surface area (Å²) in [5, 5.41) is 2.93. The van der Waals surface area contributed by atoms with E-state index in [1.54, 1.807) is 0 Å². The predicted molar refractivity (Wildman–Crippen MR) is 85.8 cm³/mol. The van der Waals surface area contributed by atoms with Gasteiger partial charge in [0.2, 0.25) is 0 Å². The molecule has 2 rings (SSSR count). The van der Waals surface area contributed by atoms with Crippen LogP contribution in [0.4, 0.5) is 5.69 Å². The third-order valence-electron chi connectivity index (χ3n) is 3.05. The summed E-state index contributed by atoms with van der Waals surface area (Å²) in [6, 6.07) is 13.4. The number of nitrogens with two attached hydrogens (primary N) is 1. The van der Waals surface area contributed by atoms with E-state index in [0.717, 1.165) is 27.7 Å². The summed E-state index contributed by atoms with van der Waals surface area (Å²) in [4.78, 5) is 12.1. The zero-order valence-electron chi connectivity index (χ0n) is 11.3. The van der Waals surface area contributed by atoms with Gasteiger partial charge in [-0.1, -0.05) is 23.8 Å². The number of hydrogen-bond donors (Lipinski definition) is 2. The van der Waals surface area contributed by atoms with Gasteiger partial charge in [0.25, 0.3) is 5.91 Å². The largest absolute Gasteiger partial charge is 0.399 e. The molecule has 0 aliphatic rings. The SMILES string of the molecule is Cc1ccc(Br)c(C(=O)NCCc2ccc(N)cc2)c1. The average Bonchev–Trinajstić information content (AvgIpc) is 2.43. The molecule has 20 heavy (non-hydrogen) atoms. The van der Waals surface area contributed by atoms with E-state index in [1.807, 2.05) is 49.4 Å². The second-order valence-corrected chi connectivity index (χ2v) is 5.59. The van der Waals surface area contributed by atoms with Crippen LogP contribution in [0.1, 0.15) is 21.5 Å². The Kier molecular flexibility index (Phi) is 4.79. The van der Waals surface area contributed by atoms with Gasteiger partial charge in [0.1, 0.15) is 0 Å². The van der Waals surface area contributed by atoms with Gasteiger partial charge in [-0.2, -0.15) is 0 Å². The van der Waals surface area contributed by atoms with E-state index in [1.165, 1.54) is 0 Å². The summed E-state index contributed by atoms with van der Waals surface area (Å²) in [5.41, 5.74) is 9.28. The number of hydrogen-bond acceptors (Lipinski definition) is 2. The first-order valence-electron chi connectivity index (χ1n) is 6.45. The lowest BCUT2D eigenvalue weighted by atomic mass is 10.1. The number of nitrogens with one attached hydrogen (secondary N) is 1. The molecule has 0 aliphatic carbocycles. The lowest BCUT2D eigenvalue weighted by Gasteiger charge is -2.08. The third-order valence-corrected chi connectivity index (χ3v) is 3.74. The number of carbonyl (C=O) groups is 1. The highest BCUT2D eigenvalue weighted by Gasteiger charge is 2.09. The highest BCUT2D eigenvalue weighted by Crippen LogP contribution is 2.17. The van der Waals surface area contributed by atoms with Crippen molar-refractivity contribution < 1.29 is 4.79 Å². The number of anilines is 1. The molecule has 0 fully saturated rings. The average molecular weight is 333 g/mol. The van der Waals surface area contributed by atoms with Crippen molar-refractivity contribution in [1.82, 2.24) is 5.32 Å². The van der Waals surface area contributed by atoms with Crippen molar-refractivity contribution in [2.75, 3.05) is 12.3 Å². The number of aryl methyl sites for hydroxylation is 1. The van der Waals surface area contributed by atoms with Crippen LogP contribution >= 0.6 is 15.9 Å². The number of halogens is 1. The first-order valence-corrected chi connectivity index (χ1v) is 7.24. The van der Waals surface area contributed by atoms with Gasteiger partial charge in [-0.15, -0.1) is 0 Å². The van der Waals surface area contributed by atoms with Crippen molar-refractivity contribution in [3.63, 3.8) is 0 Å². The molecule has 0 bridgehead atoms. The van der Waals surface area contributed by atoms with Crippen LogP contribution in [-0.4, -0.2) is 12.5 Å². The third kappa shape index (κ3) is 3.84. The Bertz CT molecular complexity index is 608. The molecule has 0 unspecified atom stereocenters. The first kappa shape index (κ1) is 14.6. The summed E-state index contributed by atoms with van der Waals surface area (Å²) in [6.45, 7) is 2.57. The number of carbonyl (C=O) groups excluding carboxylic acids is 1. The minimum Gasteiger partial charge on any atom is -0.399 e. The summed E-state index contributed by atoms with van der Waals surface area (Å²) in [5.74, 6) is -0.0592. The fraction of sp³-hybridized carbons (Fsp3) is 0.188. The monoisotopic (exact) mass is 332 g/mol. The standard InChI is InChI=1S/C16H17BrN2O/c1-11-2-7-15(17)14(10-11)16(20)19-9-8-12-3-5-13(18)6-4-12/h2-7,10H,8-9,18H2,1H3,(H,19,20). The van der Waals surface area contributed by atoms with Gasteiger partial charge in [-0.3, -0.25) is 4.79 Å². The highest BCUT2D eigenvalue weighted by atomic mass is 79.9. The Labute approximate surface area is 127 Å². The topological polar surface area (TPSA) is 55.1 Å². The van der Waals surface area contributed by atoms with Crippen molar-refractivity contribution >= 4 is 27.5 Å². The Morgan fingerprint density at radius 3 is 2.60 bits per heavy atom. The second kappa shape index (κ2) is 6.57. The van der Waals surface area contributed by atoms with Crippen LogP contribution in [-0.2, 0) is 6.42 Å². The van der Waals surface area contributed by atoms with E-state index < -0.39 is 0 Å². The first-order chi connectivity index (χ1) is 9.56. The Balaban J connectivity index is 1.92. The molecular weight excluding hydrogens is 316 g/mol. The molecule has 4 heteroatoms. The number of nitrogen functional groups attached to an aromatic ring is 1. The van der Waals surface area contributed by atoms with Gasteiger partial charge in [0, 0.05) is 16.7 Å². The summed E-state index contributed by atoms with van der Waals surface area (Å²) < 4.78 is 0.813. The van der Waals surface area contributed by atoms with E-state index in [0.29, 0.717) is 12.1 Å². The summed E-state index contributed by atoms with van der Waals surface area (Å²) >= 11 is 3.40. The van der Waals surface area contributed by atoms with E-state index >= 15 is 0 Å². The fourth-order valence-corrected chi connectivity index (χ4v) is 2.34. The molecule has 0 radical (unpaired) electrons. The van der Waals surface area contributed by atoms with Crippen molar-refractivity contribution in [1.29, 1.82) is 0 Å². The fourth-order valence-electron chi connectivity index (χ4n) is 1.91. The van der Waals surface area contributed by atoms with Crippen LogP contribution in [0.25, 0.3) is 0 Å². The van der Waals surface area contributed by atoms with Crippen molar-refractivity contribution in [3.8, 4) is 0 Å². The molecule has 0 heterocycles. The predicted octanol–water partition coefficient (Wildman–Crippen LogP) is 3.31. The van der Waals surface area contributed by atoms with Crippen LogP contribution in [0.3, 0.4) is 0 Å². The Hall–Kier alpha value is -1.81. The molecular formula is C16H17BrN2O. The maximum atomic E-state index is 12.1. The lowest BCUT2D eigenvalue weighted by molar-refractivity contribution is 0.0953. The molecule has 0 spiro atoms. The van der Waals surface area contributed by atoms with E-state index in [9.17, 15) is 4.79 Å². The van der Waals surface area contributed by atoms with E-state index in [4.69, 9.17) is 5.73 Å². The van der Waals surface area contributed by atoms with E-state index in [2.05, 4.69) is 21.2 Å². The molecule has 1 amide bonds. The van der Waals surface area contributed by atoms with Crippen LogP contribution < -0.4 is 11.1 Å². The van der Waals surface area contributed by atoms with Gasteiger partial charge >= 0.3 is 0 Å². The molecule has 0 aromatic heterocycles. The summed E-state index contributed by atoms with van der Waals surface area (Å²) in [7, 11) is 0. The molecule has 0 atom stereocenters. The van der Waals surface area contributed by atoms with Gasteiger partial charge < -0.3 is 11.1 Å². The smallest absolute Gasteiger partial charge is 0.252 e. The molecule has 3 N–H and O–H groups in total. The number of benzene rings is 2. The summed E-state index contributed by atoms with van der Waals surface area (Å²) in [6.07, 6.45) is 0.787. The van der Waals surface area contributed by atoms with Crippen molar-refractivity contribution in [3.05, 3.63) is 63.6 Å². The molecule has 2 aromatic carbocycles. The normalized spacial score (nSPS) is 10.3. The van der Waals surface area contributed by atoms with Gasteiger partial charge in [0.05, 0.1) is 5.56 Å². The minimum absolute atomic E-state index is 0.0592. The van der Waals surface area contributed by atoms with Crippen LogP contribution in [0.2, 0.25) is 0 Å². The number of rotatable bonds is 4. The highest BCUT2D eigenvalue weighted by molar-refractivity contribution is 9.10. The molecule has 0 saturated heterocycles. The van der Waals surface area contributed by atoms with Gasteiger partial charge in [0.15, 0.2) is 0 Å². The lowest BCUT2D eigenvalue weighted by Crippen LogP contribution is -2.26. The van der Waals surface area contributed by atoms with Gasteiger partial charge in [-0.05, 0) is 59.1 Å². The molecule has 0 aliphatic heterocycles. The van der Waals surface area contributed by atoms with Crippen LogP contribution in [0.5, 0.6) is 0 Å². The second-order valence-electron chi connectivity index (χ2n) is 4.73. The van der Waals surface area contributed by atoms with Crippen molar-refractivity contribution in [2.24, 2.45) is 0 Å². The molecule has 0 saturated carbocycles. The van der Waals surface area contributed by atoms with Gasteiger partial charge in [-0.25, -0.2) is 0 Å². The molecule has 104 valence electrons.